The van der Waals surface area contributed by atoms with E-state index in [1.165, 1.54) is 42.7 Å². The highest BCUT2D eigenvalue weighted by Crippen LogP contribution is 2.21. The largest absolute Gasteiger partial charge is 0.321 e. The number of hydrogen-bond acceptors (Lipinski definition) is 6. The molecule has 196 valence electrons. The third-order valence-corrected chi connectivity index (χ3v) is 5.60. The van der Waals surface area contributed by atoms with Crippen LogP contribution < -0.4 is 10.6 Å². The third kappa shape index (κ3) is 8.13. The summed E-state index contributed by atoms with van der Waals surface area (Å²) >= 11 is 5.84. The van der Waals surface area contributed by atoms with E-state index in [1.54, 1.807) is 23.2 Å². The fourth-order valence-corrected chi connectivity index (χ4v) is 3.50. The van der Waals surface area contributed by atoms with E-state index in [1.807, 2.05) is 21.1 Å². The first-order chi connectivity index (χ1) is 18.2. The maximum absolute atomic E-state index is 14.9. The number of anilines is 2. The molecular weight excluding hydrogens is 507 g/mol. The average molecular weight is 535 g/mol. The van der Waals surface area contributed by atoms with Crippen LogP contribution in [0.4, 0.5) is 15.9 Å². The van der Waals surface area contributed by atoms with Gasteiger partial charge in [0.25, 0.3) is 11.8 Å². The van der Waals surface area contributed by atoms with Gasteiger partial charge in [0.2, 0.25) is 0 Å². The van der Waals surface area contributed by atoms with Crippen molar-refractivity contribution >= 4 is 41.1 Å². The molecule has 0 bridgehead atoms. The van der Waals surface area contributed by atoms with Gasteiger partial charge >= 0.3 is 0 Å². The Hall–Kier alpha value is -4.26. The van der Waals surface area contributed by atoms with Crippen molar-refractivity contribution in [3.8, 4) is 12.3 Å². The Morgan fingerprint density at radius 3 is 2.47 bits per heavy atom. The number of carbonyl (C=O) groups is 2. The lowest BCUT2D eigenvalue weighted by Gasteiger charge is -2.15. The van der Waals surface area contributed by atoms with Crippen LogP contribution in [0.1, 0.15) is 38.3 Å². The molecule has 0 atom stereocenters. The Morgan fingerprint density at radius 1 is 1.05 bits per heavy atom. The van der Waals surface area contributed by atoms with Gasteiger partial charge in [-0.05, 0) is 75.1 Å². The van der Waals surface area contributed by atoms with Crippen molar-refractivity contribution in [2.24, 2.45) is 5.10 Å². The number of hydrazone groups is 1. The van der Waals surface area contributed by atoms with E-state index in [-0.39, 0.29) is 22.6 Å². The third-order valence-electron chi connectivity index (χ3n) is 5.38. The van der Waals surface area contributed by atoms with Crippen LogP contribution in [0.5, 0.6) is 0 Å². The Labute approximate surface area is 226 Å². The Kier molecular flexibility index (Phi) is 9.93. The van der Waals surface area contributed by atoms with Crippen LogP contribution in [0.2, 0.25) is 5.02 Å². The summed E-state index contributed by atoms with van der Waals surface area (Å²) in [6.07, 6.45) is 9.34. The van der Waals surface area contributed by atoms with Gasteiger partial charge in [-0.1, -0.05) is 23.6 Å². The lowest BCUT2D eigenvalue weighted by Crippen LogP contribution is -2.20. The van der Waals surface area contributed by atoms with Gasteiger partial charge in [0.15, 0.2) is 0 Å². The smallest absolute Gasteiger partial charge is 0.258 e. The van der Waals surface area contributed by atoms with Crippen molar-refractivity contribution in [2.45, 2.75) is 6.42 Å². The summed E-state index contributed by atoms with van der Waals surface area (Å²) in [4.78, 5) is 32.0. The fraction of sp³-hybridized carbons (Fsp3) is 0.214. The highest BCUT2D eigenvalue weighted by molar-refractivity contribution is 6.30. The highest BCUT2D eigenvalue weighted by atomic mass is 35.5. The van der Waals surface area contributed by atoms with Gasteiger partial charge in [-0.25, -0.2) is 9.37 Å². The predicted octanol–water partition coefficient (Wildman–Crippen LogP) is 4.58. The summed E-state index contributed by atoms with van der Waals surface area (Å²) < 4.78 is 14.9. The van der Waals surface area contributed by atoms with Crippen molar-refractivity contribution in [1.29, 1.82) is 0 Å². The minimum atomic E-state index is -0.724. The lowest BCUT2D eigenvalue weighted by atomic mass is 10.1. The molecule has 0 spiro atoms. The number of benzene rings is 2. The van der Waals surface area contributed by atoms with Gasteiger partial charge in [-0.3, -0.25) is 9.59 Å². The van der Waals surface area contributed by atoms with E-state index in [9.17, 15) is 14.0 Å². The SMILES string of the molecule is C#Cc1ccc(NC(=O)c2ccc(C=NN(C)CCCN(C)C)cc2F)c(C(=O)Nc2ccc(Cl)cn2)c1. The summed E-state index contributed by atoms with van der Waals surface area (Å²) in [5, 5.41) is 11.7. The molecule has 0 fully saturated rings. The first-order valence-corrected chi connectivity index (χ1v) is 12.1. The van der Waals surface area contributed by atoms with E-state index < -0.39 is 17.6 Å². The average Bonchev–Trinajstić information content (AvgIpc) is 2.88. The molecule has 2 N–H and O–H groups in total. The minimum Gasteiger partial charge on any atom is -0.321 e. The van der Waals surface area contributed by atoms with Gasteiger partial charge in [0, 0.05) is 25.4 Å². The molecule has 3 aromatic rings. The zero-order chi connectivity index (χ0) is 27.7. The summed E-state index contributed by atoms with van der Waals surface area (Å²) in [5.74, 6) is 0.704. The number of pyridine rings is 1. The van der Waals surface area contributed by atoms with Crippen molar-refractivity contribution < 1.29 is 14.0 Å². The number of terminal acetylenes is 1. The Balaban J connectivity index is 1.74. The van der Waals surface area contributed by atoms with Gasteiger partial charge in [0.05, 0.1) is 28.1 Å². The number of halogens is 2. The predicted molar refractivity (Wildman–Crippen MR) is 149 cm³/mol. The van der Waals surface area contributed by atoms with Crippen LogP contribution in [0.15, 0.2) is 59.8 Å². The van der Waals surface area contributed by atoms with E-state index in [0.717, 1.165) is 19.5 Å². The summed E-state index contributed by atoms with van der Waals surface area (Å²) in [6.45, 7) is 1.69. The number of amides is 2. The summed E-state index contributed by atoms with van der Waals surface area (Å²) in [6, 6.07) is 11.8. The summed E-state index contributed by atoms with van der Waals surface area (Å²) in [7, 11) is 5.85. The topological polar surface area (TPSA) is 89.9 Å². The Bertz CT molecular complexity index is 1370. The molecule has 0 aliphatic rings. The molecule has 3 rings (SSSR count). The number of nitrogens with zero attached hydrogens (tertiary/aromatic N) is 4. The van der Waals surface area contributed by atoms with Gasteiger partial charge in [-0.15, -0.1) is 6.42 Å². The maximum atomic E-state index is 14.9. The minimum absolute atomic E-state index is 0.0898. The van der Waals surface area contributed by atoms with Crippen molar-refractivity contribution in [2.75, 3.05) is 44.9 Å². The lowest BCUT2D eigenvalue weighted by molar-refractivity contribution is 0.102. The van der Waals surface area contributed by atoms with Crippen LogP contribution in [0.3, 0.4) is 0 Å². The standard InChI is InChI=1S/C28H28ClFN6O2/c1-5-19-8-11-25(23(15-19)28(38)34-26-12-9-21(29)18-31-26)33-27(37)22-10-7-20(16-24(22)30)17-32-36(4)14-6-13-35(2)3/h1,7-12,15-18H,6,13-14H2,2-4H3,(H,33,37)(H,31,34,38). The normalized spacial score (nSPS) is 10.9. The van der Waals surface area contributed by atoms with Gasteiger partial charge in [-0.2, -0.15) is 5.10 Å². The zero-order valence-electron chi connectivity index (χ0n) is 21.3. The second kappa shape index (κ2) is 13.3. The van der Waals surface area contributed by atoms with E-state index in [0.29, 0.717) is 16.1 Å². The first-order valence-electron chi connectivity index (χ1n) is 11.7. The molecule has 0 aliphatic heterocycles. The quantitative estimate of drug-likeness (QED) is 0.226. The molecule has 2 amide bonds. The van der Waals surface area contributed by atoms with Gasteiger partial charge < -0.3 is 20.5 Å². The summed E-state index contributed by atoms with van der Waals surface area (Å²) in [5.41, 5.74) is 0.997. The molecule has 0 unspecified atom stereocenters. The molecular formula is C28H28ClFN6O2. The van der Waals surface area contributed by atoms with Crippen LogP contribution in [0, 0.1) is 18.2 Å². The molecule has 1 heterocycles. The van der Waals surface area contributed by atoms with Crippen LogP contribution in [0.25, 0.3) is 0 Å². The molecule has 0 aliphatic carbocycles. The number of rotatable bonds is 10. The monoisotopic (exact) mass is 534 g/mol. The number of carbonyl (C=O) groups excluding carboxylic acids is 2. The van der Waals surface area contributed by atoms with Crippen molar-refractivity contribution in [3.63, 3.8) is 0 Å². The molecule has 38 heavy (non-hydrogen) atoms. The fourth-order valence-electron chi connectivity index (χ4n) is 3.39. The van der Waals surface area contributed by atoms with E-state index in [4.69, 9.17) is 18.0 Å². The van der Waals surface area contributed by atoms with Crippen LogP contribution in [-0.4, -0.2) is 67.2 Å². The highest BCUT2D eigenvalue weighted by Gasteiger charge is 2.18. The zero-order valence-corrected chi connectivity index (χ0v) is 22.1. The van der Waals surface area contributed by atoms with E-state index >= 15 is 0 Å². The molecule has 8 nitrogen and oxygen atoms in total. The van der Waals surface area contributed by atoms with Gasteiger partial charge in [0.1, 0.15) is 11.6 Å². The maximum Gasteiger partial charge on any atom is 0.258 e. The molecule has 2 aromatic carbocycles. The second-order valence-corrected chi connectivity index (χ2v) is 9.13. The van der Waals surface area contributed by atoms with E-state index in [2.05, 4.69) is 31.5 Å². The number of nitrogens with one attached hydrogen (secondary N) is 2. The van der Waals surface area contributed by atoms with Crippen molar-refractivity contribution in [1.82, 2.24) is 14.9 Å². The number of hydrogen-bond donors (Lipinski definition) is 2. The molecule has 0 radical (unpaired) electrons. The van der Waals surface area contributed by atoms with Crippen LogP contribution in [-0.2, 0) is 0 Å². The number of aromatic nitrogens is 1. The Morgan fingerprint density at radius 2 is 1.82 bits per heavy atom. The van der Waals surface area contributed by atoms with Crippen LogP contribution >= 0.6 is 11.6 Å². The molecule has 1 aromatic heterocycles. The second-order valence-electron chi connectivity index (χ2n) is 8.70. The molecule has 0 saturated heterocycles. The molecule has 10 heteroatoms. The molecule has 0 saturated carbocycles. The first kappa shape index (κ1) is 28.3. The van der Waals surface area contributed by atoms with Crippen molar-refractivity contribution in [3.05, 3.63) is 87.8 Å².